The summed E-state index contributed by atoms with van der Waals surface area (Å²) in [5.41, 5.74) is 0. The number of aliphatic hydroxyl groups is 1. The predicted molar refractivity (Wildman–Crippen MR) is 436 cm³/mol. The lowest BCUT2D eigenvalue weighted by Crippen LogP contribution is -2.30. The van der Waals surface area contributed by atoms with E-state index in [4.69, 9.17) is 37.0 Å². The highest BCUT2D eigenvalue weighted by molar-refractivity contribution is 7.47. The fourth-order valence-electron chi connectivity index (χ4n) is 11.9. The topological polar surface area (TPSA) is 237 Å². The molecule has 106 heavy (non-hydrogen) atoms. The van der Waals surface area contributed by atoms with E-state index in [1.54, 1.807) is 0 Å². The van der Waals surface area contributed by atoms with E-state index < -0.39 is 97.5 Å². The van der Waals surface area contributed by atoms with E-state index in [1.165, 1.54) is 154 Å². The van der Waals surface area contributed by atoms with Crippen molar-refractivity contribution in [2.24, 2.45) is 0 Å². The number of phosphoric ester groups is 2. The van der Waals surface area contributed by atoms with Crippen LogP contribution in [0, 0.1) is 0 Å². The van der Waals surface area contributed by atoms with E-state index in [2.05, 4.69) is 113 Å². The number of esters is 4. The molecule has 0 amide bonds. The van der Waals surface area contributed by atoms with Crippen LogP contribution in [0.15, 0.2) is 85.1 Å². The van der Waals surface area contributed by atoms with E-state index in [0.717, 1.165) is 154 Å². The van der Waals surface area contributed by atoms with Crippen molar-refractivity contribution in [3.63, 3.8) is 0 Å². The van der Waals surface area contributed by atoms with Gasteiger partial charge in [0.2, 0.25) is 0 Å². The molecular formula is C87H156O17P2. The first kappa shape index (κ1) is 102. The van der Waals surface area contributed by atoms with Gasteiger partial charge in [0.1, 0.15) is 19.3 Å². The van der Waals surface area contributed by atoms with Crippen molar-refractivity contribution in [3.8, 4) is 0 Å². The number of hydrogen-bond donors (Lipinski definition) is 3. The number of rotatable bonds is 81. The molecule has 0 aromatic rings. The summed E-state index contributed by atoms with van der Waals surface area (Å²) in [4.78, 5) is 73.2. The SMILES string of the molecule is CC/C=C\C/C=C\C/C=C\C/C=C\CCCCCCC(=O)OC(COC(=O)CCCCCCCC/C=C\C/C=C\C/C=C\CCCCC)COP(=O)(O)OCC(O)COP(=O)(O)OCC(COC(=O)CCCCCCCCCCCCCCCCC)OC(=O)CCCCCCCCCCCCCCCCC. The lowest BCUT2D eigenvalue weighted by Gasteiger charge is -2.21. The third kappa shape index (κ3) is 78.4. The average molecular weight is 1540 g/mol. The van der Waals surface area contributed by atoms with Crippen LogP contribution in [0.1, 0.15) is 387 Å². The van der Waals surface area contributed by atoms with Crippen molar-refractivity contribution in [1.82, 2.24) is 0 Å². The Bertz CT molecular complexity index is 2330. The van der Waals surface area contributed by atoms with Crippen molar-refractivity contribution in [3.05, 3.63) is 85.1 Å². The highest BCUT2D eigenvalue weighted by atomic mass is 31.2. The summed E-state index contributed by atoms with van der Waals surface area (Å²) in [5, 5.41) is 10.7. The van der Waals surface area contributed by atoms with Gasteiger partial charge in [0.15, 0.2) is 12.2 Å². The zero-order valence-electron chi connectivity index (χ0n) is 67.6. The van der Waals surface area contributed by atoms with Gasteiger partial charge in [-0.2, -0.15) is 0 Å². The first-order valence-corrected chi connectivity index (χ1v) is 45.8. The van der Waals surface area contributed by atoms with Crippen molar-refractivity contribution in [2.75, 3.05) is 39.6 Å². The number of phosphoric acid groups is 2. The van der Waals surface area contributed by atoms with E-state index >= 15 is 0 Å². The molecule has 0 aliphatic rings. The Kier molecular flexibility index (Phi) is 76.5. The first-order chi connectivity index (χ1) is 51.7. The van der Waals surface area contributed by atoms with Crippen LogP contribution in [-0.4, -0.2) is 96.7 Å². The third-order valence-electron chi connectivity index (χ3n) is 18.4. The minimum atomic E-state index is -4.99. The summed E-state index contributed by atoms with van der Waals surface area (Å²) < 4.78 is 68.8. The lowest BCUT2D eigenvalue weighted by molar-refractivity contribution is -0.161. The molecule has 0 aromatic carbocycles. The lowest BCUT2D eigenvalue weighted by atomic mass is 10.0. The maximum atomic E-state index is 13.1. The molecule has 0 radical (unpaired) electrons. The van der Waals surface area contributed by atoms with E-state index in [-0.39, 0.29) is 25.7 Å². The van der Waals surface area contributed by atoms with Gasteiger partial charge in [-0.15, -0.1) is 0 Å². The zero-order chi connectivity index (χ0) is 77.4. The molecule has 0 saturated carbocycles. The number of aliphatic hydroxyl groups excluding tert-OH is 1. The second-order valence-corrected chi connectivity index (χ2v) is 31.7. The van der Waals surface area contributed by atoms with Crippen LogP contribution < -0.4 is 0 Å². The molecule has 5 atom stereocenters. The van der Waals surface area contributed by atoms with Crippen LogP contribution in [0.5, 0.6) is 0 Å². The molecule has 0 aliphatic heterocycles. The molecule has 0 aliphatic carbocycles. The summed E-state index contributed by atoms with van der Waals surface area (Å²) in [6.07, 6.45) is 83.9. The van der Waals surface area contributed by atoms with Gasteiger partial charge in [0, 0.05) is 25.7 Å². The number of ether oxygens (including phenoxy) is 4. The molecule has 616 valence electrons. The number of allylic oxidation sites excluding steroid dienone is 14. The maximum absolute atomic E-state index is 13.1. The van der Waals surface area contributed by atoms with Crippen LogP contribution >= 0.6 is 15.6 Å². The Morgan fingerprint density at radius 3 is 0.774 bits per heavy atom. The fraction of sp³-hybridized carbons (Fsp3) is 0.793. The van der Waals surface area contributed by atoms with Crippen molar-refractivity contribution < 1.29 is 80.2 Å². The minimum absolute atomic E-state index is 0.0653. The molecule has 0 spiro atoms. The van der Waals surface area contributed by atoms with Gasteiger partial charge >= 0.3 is 39.5 Å². The summed E-state index contributed by atoms with van der Waals surface area (Å²) >= 11 is 0. The molecule has 0 heterocycles. The molecular weight excluding hydrogens is 1380 g/mol. The largest absolute Gasteiger partial charge is 0.472 e. The molecule has 0 fully saturated rings. The zero-order valence-corrected chi connectivity index (χ0v) is 69.4. The highest BCUT2D eigenvalue weighted by Crippen LogP contribution is 2.45. The third-order valence-corrected chi connectivity index (χ3v) is 20.3. The van der Waals surface area contributed by atoms with Crippen LogP contribution in [0.2, 0.25) is 0 Å². The second kappa shape index (κ2) is 79.3. The van der Waals surface area contributed by atoms with Crippen LogP contribution in [0.3, 0.4) is 0 Å². The Hall–Kier alpha value is -3.76. The average Bonchev–Trinajstić information content (AvgIpc) is 0.907. The van der Waals surface area contributed by atoms with E-state index in [1.807, 2.05) is 0 Å². The molecule has 0 rings (SSSR count). The van der Waals surface area contributed by atoms with Gasteiger partial charge in [-0.05, 0) is 103 Å². The van der Waals surface area contributed by atoms with Gasteiger partial charge in [-0.25, -0.2) is 9.13 Å². The standard InChI is InChI=1S/C87H156O17P2/c1-5-9-13-17-21-25-29-33-37-39-40-42-45-48-52-56-60-64-68-72-85(90)98-78-83(104-87(92)74-70-66-62-58-54-50-46-41-38-34-30-26-22-18-14-10-6-2)80-102-106(95,96)100-76-81(88)75-99-105(93,94)101-79-82(103-86(91)73-69-65-61-57-53-49-44-36-32-28-24-20-16-12-8-4)77-97-84(89)71-67-63-59-55-51-47-43-35-31-27-23-19-15-11-7-3/h10,14,21-22,25-26,33-34,37-38,40,42,46,50,81-83,88H,5-9,11-13,15-20,23-24,27-32,35-36,39,41,43-45,47-49,51-80H2,1-4H3,(H,93,94)(H,95,96)/b14-10-,25-21-,26-22-,37-33-,38-34-,42-40-,50-46-. The van der Waals surface area contributed by atoms with Gasteiger partial charge in [-0.1, -0.05) is 344 Å². The van der Waals surface area contributed by atoms with Gasteiger partial charge in [-0.3, -0.25) is 37.3 Å². The molecule has 17 nitrogen and oxygen atoms in total. The number of carbonyl (C=O) groups excluding carboxylic acids is 4. The second-order valence-electron chi connectivity index (χ2n) is 28.8. The molecule has 5 unspecified atom stereocenters. The molecule has 0 aromatic heterocycles. The minimum Gasteiger partial charge on any atom is -0.462 e. The molecule has 3 N–H and O–H groups in total. The molecule has 0 saturated heterocycles. The van der Waals surface area contributed by atoms with Crippen LogP contribution in [0.25, 0.3) is 0 Å². The summed E-state index contributed by atoms with van der Waals surface area (Å²) in [6.45, 7) is 4.79. The van der Waals surface area contributed by atoms with E-state index in [0.29, 0.717) is 25.7 Å². The van der Waals surface area contributed by atoms with Crippen LogP contribution in [0.4, 0.5) is 0 Å². The van der Waals surface area contributed by atoms with Gasteiger partial charge in [0.05, 0.1) is 26.4 Å². The van der Waals surface area contributed by atoms with Gasteiger partial charge < -0.3 is 33.8 Å². The Morgan fingerprint density at radius 2 is 0.491 bits per heavy atom. The quantitative estimate of drug-likeness (QED) is 0.0169. The van der Waals surface area contributed by atoms with E-state index in [9.17, 15) is 43.2 Å². The number of carbonyl (C=O) groups is 4. The maximum Gasteiger partial charge on any atom is 0.472 e. The molecule has 19 heteroatoms. The Labute approximate surface area is 646 Å². The smallest absolute Gasteiger partial charge is 0.462 e. The first-order valence-electron chi connectivity index (χ1n) is 42.8. The summed E-state index contributed by atoms with van der Waals surface area (Å²) in [5.74, 6) is -2.18. The van der Waals surface area contributed by atoms with Crippen molar-refractivity contribution in [2.45, 2.75) is 406 Å². The van der Waals surface area contributed by atoms with Gasteiger partial charge in [0.25, 0.3) is 0 Å². The summed E-state index contributed by atoms with van der Waals surface area (Å²) in [6, 6.07) is 0. The Balaban J connectivity index is 5.37. The molecule has 0 bridgehead atoms. The van der Waals surface area contributed by atoms with Crippen molar-refractivity contribution >= 4 is 39.5 Å². The van der Waals surface area contributed by atoms with Crippen LogP contribution in [-0.2, 0) is 65.4 Å². The highest BCUT2D eigenvalue weighted by Gasteiger charge is 2.30. The Morgan fingerprint density at radius 1 is 0.274 bits per heavy atom. The van der Waals surface area contributed by atoms with Crippen molar-refractivity contribution in [1.29, 1.82) is 0 Å². The summed E-state index contributed by atoms with van der Waals surface area (Å²) in [7, 11) is -9.96. The number of hydrogen-bond acceptors (Lipinski definition) is 15. The fourth-order valence-corrected chi connectivity index (χ4v) is 13.4. The normalized spacial score (nSPS) is 14.2. The monoisotopic (exact) mass is 1540 g/mol. The predicted octanol–water partition coefficient (Wildman–Crippen LogP) is 25.3. The number of unbranched alkanes of at least 4 members (excludes halogenated alkanes) is 41.